The maximum atomic E-state index is 11.6. The molecule has 1 atom stereocenters. The average Bonchev–Trinajstić information content (AvgIpc) is 2.33. The van der Waals surface area contributed by atoms with Gasteiger partial charge in [-0.1, -0.05) is 49.6 Å². The molecule has 0 unspecified atom stereocenters. The summed E-state index contributed by atoms with van der Waals surface area (Å²) in [6.45, 7) is 1.79. The van der Waals surface area contributed by atoms with Crippen LogP contribution in [0.4, 0.5) is 0 Å². The summed E-state index contributed by atoms with van der Waals surface area (Å²) in [4.78, 5) is 13.7. The molecule has 0 spiro atoms. The van der Waals surface area contributed by atoms with Gasteiger partial charge in [-0.2, -0.15) is 0 Å². The molecule has 0 amide bonds. The summed E-state index contributed by atoms with van der Waals surface area (Å²) >= 11 is 0. The fourth-order valence-corrected chi connectivity index (χ4v) is 2.68. The van der Waals surface area contributed by atoms with E-state index >= 15 is 0 Å². The highest BCUT2D eigenvalue weighted by molar-refractivity contribution is 5.75. The third kappa shape index (κ3) is 3.33. The Balaban J connectivity index is 2.15. The van der Waals surface area contributed by atoms with Crippen molar-refractivity contribution in [3.63, 3.8) is 0 Å². The SMILES string of the molecule is O=C(O)[C@H](c1ccccc1)N1CCCCCCC1. The normalized spacial score (nSPS) is 19.8. The van der Waals surface area contributed by atoms with Gasteiger partial charge in [0.15, 0.2) is 0 Å². The number of carbonyl (C=O) groups is 1. The fraction of sp³-hybridized carbons (Fsp3) is 0.533. The summed E-state index contributed by atoms with van der Waals surface area (Å²) in [5.74, 6) is -0.734. The molecular weight excluding hydrogens is 226 g/mol. The van der Waals surface area contributed by atoms with Crippen LogP contribution in [0.5, 0.6) is 0 Å². The molecule has 1 aromatic rings. The van der Waals surface area contributed by atoms with Crippen molar-refractivity contribution in [2.75, 3.05) is 13.1 Å². The molecule has 1 aliphatic rings. The first-order valence-electron chi connectivity index (χ1n) is 6.81. The van der Waals surface area contributed by atoms with Crippen LogP contribution < -0.4 is 0 Å². The van der Waals surface area contributed by atoms with E-state index in [2.05, 4.69) is 4.90 Å². The van der Waals surface area contributed by atoms with Crippen molar-refractivity contribution in [1.82, 2.24) is 4.90 Å². The van der Waals surface area contributed by atoms with Gasteiger partial charge in [0.1, 0.15) is 6.04 Å². The molecule has 3 heteroatoms. The zero-order chi connectivity index (χ0) is 12.8. The van der Waals surface area contributed by atoms with Gasteiger partial charge in [-0.3, -0.25) is 9.69 Å². The lowest BCUT2D eigenvalue weighted by Gasteiger charge is -2.30. The van der Waals surface area contributed by atoms with Crippen LogP contribution in [0, 0.1) is 0 Å². The lowest BCUT2D eigenvalue weighted by atomic mass is 10.0. The quantitative estimate of drug-likeness (QED) is 0.892. The number of rotatable bonds is 3. The minimum atomic E-state index is -0.734. The zero-order valence-electron chi connectivity index (χ0n) is 10.7. The van der Waals surface area contributed by atoms with Crippen molar-refractivity contribution in [1.29, 1.82) is 0 Å². The minimum Gasteiger partial charge on any atom is -0.480 e. The van der Waals surface area contributed by atoms with Crippen LogP contribution >= 0.6 is 0 Å². The first kappa shape index (κ1) is 13.1. The van der Waals surface area contributed by atoms with Crippen molar-refractivity contribution in [2.24, 2.45) is 0 Å². The van der Waals surface area contributed by atoms with Crippen LogP contribution in [0.25, 0.3) is 0 Å². The molecule has 0 radical (unpaired) electrons. The van der Waals surface area contributed by atoms with E-state index in [0.29, 0.717) is 0 Å². The monoisotopic (exact) mass is 247 g/mol. The van der Waals surface area contributed by atoms with Crippen molar-refractivity contribution < 1.29 is 9.90 Å². The van der Waals surface area contributed by atoms with Gasteiger partial charge < -0.3 is 5.11 Å². The number of aliphatic carboxylic acids is 1. The lowest BCUT2D eigenvalue weighted by molar-refractivity contribution is -0.143. The number of likely N-dealkylation sites (tertiary alicyclic amines) is 1. The standard InChI is InChI=1S/C15H21NO2/c17-15(18)14(13-9-5-4-6-10-13)16-11-7-2-1-3-8-12-16/h4-6,9-10,14H,1-3,7-8,11-12H2,(H,17,18)/t14-/m0/s1. The third-order valence-electron chi connectivity index (χ3n) is 3.61. The maximum Gasteiger partial charge on any atom is 0.325 e. The molecular formula is C15H21NO2. The van der Waals surface area contributed by atoms with Gasteiger partial charge in [0, 0.05) is 0 Å². The largest absolute Gasteiger partial charge is 0.480 e. The molecule has 98 valence electrons. The minimum absolute atomic E-state index is 0.482. The molecule has 2 rings (SSSR count). The number of carboxylic acids is 1. The van der Waals surface area contributed by atoms with Crippen molar-refractivity contribution in [3.05, 3.63) is 35.9 Å². The molecule has 1 fully saturated rings. The average molecular weight is 247 g/mol. The molecule has 1 saturated heterocycles. The van der Waals surface area contributed by atoms with Crippen LogP contribution in [-0.2, 0) is 4.79 Å². The number of nitrogens with zero attached hydrogens (tertiary/aromatic N) is 1. The Kier molecular flexibility index (Phi) is 4.76. The van der Waals surface area contributed by atoms with Crippen molar-refractivity contribution in [3.8, 4) is 0 Å². The zero-order valence-corrected chi connectivity index (χ0v) is 10.7. The number of hydrogen-bond acceptors (Lipinski definition) is 2. The van der Waals surface area contributed by atoms with E-state index in [1.807, 2.05) is 30.3 Å². The molecule has 0 saturated carbocycles. The topological polar surface area (TPSA) is 40.5 Å². The molecule has 0 aliphatic carbocycles. The van der Waals surface area contributed by atoms with Gasteiger partial charge in [-0.15, -0.1) is 0 Å². The Morgan fingerprint density at radius 3 is 2.11 bits per heavy atom. The first-order valence-corrected chi connectivity index (χ1v) is 6.81. The number of hydrogen-bond donors (Lipinski definition) is 1. The summed E-state index contributed by atoms with van der Waals surface area (Å²) in [6, 6.07) is 9.10. The highest BCUT2D eigenvalue weighted by Gasteiger charge is 2.26. The number of carboxylic acid groups (broad SMARTS) is 1. The summed E-state index contributed by atoms with van der Waals surface area (Å²) < 4.78 is 0. The van der Waals surface area contributed by atoms with E-state index in [1.54, 1.807) is 0 Å². The summed E-state index contributed by atoms with van der Waals surface area (Å²) in [5, 5.41) is 9.50. The van der Waals surface area contributed by atoms with Gasteiger partial charge in [0.2, 0.25) is 0 Å². The highest BCUT2D eigenvalue weighted by atomic mass is 16.4. The van der Waals surface area contributed by atoms with E-state index < -0.39 is 12.0 Å². The van der Waals surface area contributed by atoms with Crippen molar-refractivity contribution >= 4 is 5.97 Å². The predicted molar refractivity (Wildman–Crippen MR) is 71.5 cm³/mol. The first-order chi connectivity index (χ1) is 8.79. The second-order valence-corrected chi connectivity index (χ2v) is 4.96. The molecule has 3 nitrogen and oxygen atoms in total. The Hall–Kier alpha value is -1.35. The van der Waals surface area contributed by atoms with Crippen LogP contribution in [0.15, 0.2) is 30.3 Å². The molecule has 0 bridgehead atoms. The molecule has 18 heavy (non-hydrogen) atoms. The van der Waals surface area contributed by atoms with E-state index in [4.69, 9.17) is 0 Å². The molecule has 1 heterocycles. The molecule has 1 aliphatic heterocycles. The van der Waals surface area contributed by atoms with Crippen molar-refractivity contribution in [2.45, 2.75) is 38.1 Å². The van der Waals surface area contributed by atoms with E-state index in [9.17, 15) is 9.90 Å². The van der Waals surface area contributed by atoms with Gasteiger partial charge in [0.05, 0.1) is 0 Å². The predicted octanol–water partition coefficient (Wildman–Crippen LogP) is 3.08. The van der Waals surface area contributed by atoms with E-state index in [1.165, 1.54) is 19.3 Å². The maximum absolute atomic E-state index is 11.6. The summed E-state index contributed by atoms with van der Waals surface area (Å²) in [6.07, 6.45) is 5.94. The van der Waals surface area contributed by atoms with Crippen LogP contribution in [0.2, 0.25) is 0 Å². The van der Waals surface area contributed by atoms with Gasteiger partial charge >= 0.3 is 5.97 Å². The van der Waals surface area contributed by atoms with Crippen LogP contribution in [-0.4, -0.2) is 29.1 Å². The second kappa shape index (κ2) is 6.55. The summed E-state index contributed by atoms with van der Waals surface area (Å²) in [7, 11) is 0. The highest BCUT2D eigenvalue weighted by Crippen LogP contribution is 2.24. The van der Waals surface area contributed by atoms with E-state index in [0.717, 1.165) is 31.5 Å². The lowest BCUT2D eigenvalue weighted by Crippen LogP contribution is -2.36. The van der Waals surface area contributed by atoms with Crippen LogP contribution in [0.3, 0.4) is 0 Å². The second-order valence-electron chi connectivity index (χ2n) is 4.96. The molecule has 1 N–H and O–H groups in total. The van der Waals surface area contributed by atoms with E-state index in [-0.39, 0.29) is 0 Å². The molecule has 1 aromatic carbocycles. The number of benzene rings is 1. The Morgan fingerprint density at radius 2 is 1.56 bits per heavy atom. The van der Waals surface area contributed by atoms with Gasteiger partial charge in [0.25, 0.3) is 0 Å². The fourth-order valence-electron chi connectivity index (χ4n) is 2.68. The molecule has 0 aromatic heterocycles. The third-order valence-corrected chi connectivity index (χ3v) is 3.61. The van der Waals surface area contributed by atoms with Gasteiger partial charge in [-0.25, -0.2) is 0 Å². The van der Waals surface area contributed by atoms with Crippen LogP contribution in [0.1, 0.15) is 43.7 Å². The summed E-state index contributed by atoms with van der Waals surface area (Å²) in [5.41, 5.74) is 0.894. The Labute approximate surface area is 108 Å². The Bertz CT molecular complexity index is 369. The Morgan fingerprint density at radius 1 is 1.00 bits per heavy atom. The smallest absolute Gasteiger partial charge is 0.325 e. The van der Waals surface area contributed by atoms with Gasteiger partial charge in [-0.05, 0) is 31.5 Å².